The van der Waals surface area contributed by atoms with E-state index in [4.69, 9.17) is 9.47 Å². The van der Waals surface area contributed by atoms with Gasteiger partial charge in [-0.25, -0.2) is 13.8 Å². The Morgan fingerprint density at radius 1 is 0.946 bits per heavy atom. The third kappa shape index (κ3) is 7.33. The van der Waals surface area contributed by atoms with Crippen molar-refractivity contribution < 1.29 is 22.7 Å². The Balaban J connectivity index is 1.80. The molecular formula is C28H33N3O5S. The molecule has 3 aromatic carbocycles. The van der Waals surface area contributed by atoms with Crippen LogP contribution in [0.5, 0.6) is 11.5 Å². The predicted octanol–water partition coefficient (Wildman–Crippen LogP) is 4.78. The van der Waals surface area contributed by atoms with E-state index in [0.29, 0.717) is 42.4 Å². The van der Waals surface area contributed by atoms with Crippen molar-refractivity contribution in [3.63, 3.8) is 0 Å². The van der Waals surface area contributed by atoms with Gasteiger partial charge in [0, 0.05) is 0 Å². The minimum Gasteiger partial charge on any atom is -0.490 e. The molecule has 0 heterocycles. The lowest BCUT2D eigenvalue weighted by Crippen LogP contribution is -2.40. The van der Waals surface area contributed by atoms with Gasteiger partial charge < -0.3 is 9.47 Å². The minimum absolute atomic E-state index is 0.103. The normalized spacial score (nSPS) is 11.3. The topological polar surface area (TPSA) is 97.3 Å². The molecule has 0 spiro atoms. The van der Waals surface area contributed by atoms with Crippen LogP contribution >= 0.6 is 0 Å². The van der Waals surface area contributed by atoms with E-state index >= 15 is 0 Å². The van der Waals surface area contributed by atoms with Crippen molar-refractivity contribution in [1.82, 2.24) is 5.43 Å². The lowest BCUT2D eigenvalue weighted by Gasteiger charge is -2.25. The van der Waals surface area contributed by atoms with Crippen molar-refractivity contribution in [2.45, 2.75) is 38.5 Å². The fourth-order valence-electron chi connectivity index (χ4n) is 3.62. The monoisotopic (exact) mass is 523 g/mol. The molecule has 8 nitrogen and oxygen atoms in total. The van der Waals surface area contributed by atoms with Gasteiger partial charge in [-0.3, -0.25) is 9.10 Å². The van der Waals surface area contributed by atoms with Gasteiger partial charge in [-0.05, 0) is 67.3 Å². The van der Waals surface area contributed by atoms with Crippen molar-refractivity contribution in [3.8, 4) is 11.5 Å². The molecule has 0 aliphatic carbocycles. The van der Waals surface area contributed by atoms with Gasteiger partial charge >= 0.3 is 0 Å². The summed E-state index contributed by atoms with van der Waals surface area (Å²) in [6.07, 6.45) is 2.96. The number of amides is 1. The molecule has 0 fully saturated rings. The van der Waals surface area contributed by atoms with E-state index in [1.54, 1.807) is 48.5 Å². The molecule has 0 unspecified atom stereocenters. The van der Waals surface area contributed by atoms with Crippen LogP contribution in [0.4, 0.5) is 5.69 Å². The lowest BCUT2D eigenvalue weighted by atomic mass is 10.1. The molecule has 0 atom stereocenters. The van der Waals surface area contributed by atoms with Gasteiger partial charge in [0.15, 0.2) is 11.5 Å². The summed E-state index contributed by atoms with van der Waals surface area (Å²) in [6, 6.07) is 20.6. The molecule has 0 aromatic heterocycles. The smallest absolute Gasteiger partial charge is 0.264 e. The minimum atomic E-state index is -3.99. The van der Waals surface area contributed by atoms with Crippen molar-refractivity contribution in [2.75, 3.05) is 24.1 Å². The van der Waals surface area contributed by atoms with Crippen LogP contribution in [0.2, 0.25) is 0 Å². The molecule has 0 bridgehead atoms. The van der Waals surface area contributed by atoms with Gasteiger partial charge in [0.1, 0.15) is 6.54 Å². The molecule has 3 aromatic rings. The Kier molecular flexibility index (Phi) is 10.1. The number of ether oxygens (including phenoxy) is 2. The number of para-hydroxylation sites is 1. The third-order valence-electron chi connectivity index (χ3n) is 5.39. The van der Waals surface area contributed by atoms with Gasteiger partial charge in [-0.1, -0.05) is 50.2 Å². The number of benzene rings is 3. The lowest BCUT2D eigenvalue weighted by molar-refractivity contribution is -0.119. The summed E-state index contributed by atoms with van der Waals surface area (Å²) in [4.78, 5) is 13.0. The molecule has 0 aliphatic heterocycles. The predicted molar refractivity (Wildman–Crippen MR) is 146 cm³/mol. The quantitative estimate of drug-likeness (QED) is 0.257. The molecule has 1 amide bonds. The standard InChI is InChI=1S/C28H33N3O5S/c1-4-18-36-26-17-16-22(19-27(26)35-6-3)20-29-30-28(32)21-31(25-15-11-10-12-23(25)5-2)37(33,34)24-13-8-7-9-14-24/h7-17,19-20H,4-6,18,21H2,1-3H3,(H,30,32)/b29-20-. The summed E-state index contributed by atoms with van der Waals surface area (Å²) in [5, 5.41) is 4.04. The second-order valence-corrected chi connectivity index (χ2v) is 9.95. The molecule has 0 radical (unpaired) electrons. The van der Waals surface area contributed by atoms with Gasteiger partial charge in [-0.2, -0.15) is 5.10 Å². The number of hydrogen-bond donors (Lipinski definition) is 1. The number of carbonyl (C=O) groups excluding carboxylic acids is 1. The number of hydrogen-bond acceptors (Lipinski definition) is 6. The number of carbonyl (C=O) groups is 1. The number of nitrogens with one attached hydrogen (secondary N) is 1. The summed E-state index contributed by atoms with van der Waals surface area (Å²) in [7, 11) is -3.99. The largest absolute Gasteiger partial charge is 0.490 e. The number of anilines is 1. The van der Waals surface area contributed by atoms with Crippen molar-refractivity contribution in [3.05, 3.63) is 83.9 Å². The Morgan fingerprint density at radius 3 is 2.38 bits per heavy atom. The Hall–Kier alpha value is -3.85. The fraction of sp³-hybridized carbons (Fsp3) is 0.286. The molecule has 9 heteroatoms. The van der Waals surface area contributed by atoms with E-state index in [0.717, 1.165) is 16.3 Å². The van der Waals surface area contributed by atoms with Gasteiger partial charge in [0.25, 0.3) is 15.9 Å². The van der Waals surface area contributed by atoms with Crippen LogP contribution in [0.15, 0.2) is 82.8 Å². The maximum Gasteiger partial charge on any atom is 0.264 e. The highest BCUT2D eigenvalue weighted by Crippen LogP contribution is 2.29. The summed E-state index contributed by atoms with van der Waals surface area (Å²) >= 11 is 0. The molecule has 196 valence electrons. The van der Waals surface area contributed by atoms with Crippen LogP contribution in [0.1, 0.15) is 38.3 Å². The summed E-state index contributed by atoms with van der Waals surface area (Å²) in [5.41, 5.74) is 4.41. The van der Waals surface area contributed by atoms with Crippen LogP contribution in [-0.2, 0) is 21.2 Å². The summed E-state index contributed by atoms with van der Waals surface area (Å²) in [6.45, 7) is 6.47. The van der Waals surface area contributed by atoms with E-state index in [1.165, 1.54) is 18.3 Å². The highest BCUT2D eigenvalue weighted by Gasteiger charge is 2.28. The number of sulfonamides is 1. The zero-order valence-corrected chi connectivity index (χ0v) is 22.2. The van der Waals surface area contributed by atoms with Crippen LogP contribution < -0.4 is 19.2 Å². The molecule has 37 heavy (non-hydrogen) atoms. The van der Waals surface area contributed by atoms with Crippen LogP contribution in [-0.4, -0.2) is 40.3 Å². The maximum absolute atomic E-state index is 13.5. The van der Waals surface area contributed by atoms with Gasteiger partial charge in [-0.15, -0.1) is 0 Å². The van der Waals surface area contributed by atoms with Crippen molar-refractivity contribution >= 4 is 27.8 Å². The fourth-order valence-corrected chi connectivity index (χ4v) is 5.10. The van der Waals surface area contributed by atoms with Gasteiger partial charge in [0.05, 0.1) is 30.0 Å². The first kappa shape index (κ1) is 27.7. The van der Waals surface area contributed by atoms with Crippen molar-refractivity contribution in [2.24, 2.45) is 5.10 Å². The third-order valence-corrected chi connectivity index (χ3v) is 7.17. The highest BCUT2D eigenvalue weighted by atomic mass is 32.2. The Bertz CT molecular complexity index is 1310. The second kappa shape index (κ2) is 13.5. The summed E-state index contributed by atoms with van der Waals surface area (Å²) in [5.74, 6) is 0.651. The number of rotatable bonds is 13. The Morgan fingerprint density at radius 2 is 1.68 bits per heavy atom. The molecule has 0 aliphatic rings. The number of nitrogens with zero attached hydrogens (tertiary/aromatic N) is 2. The van der Waals surface area contributed by atoms with E-state index in [1.807, 2.05) is 32.9 Å². The van der Waals surface area contributed by atoms with Crippen molar-refractivity contribution in [1.29, 1.82) is 0 Å². The molecule has 0 saturated carbocycles. The zero-order chi connectivity index (χ0) is 26.7. The molecule has 1 N–H and O–H groups in total. The first-order valence-electron chi connectivity index (χ1n) is 12.3. The average Bonchev–Trinajstić information content (AvgIpc) is 2.92. The maximum atomic E-state index is 13.5. The zero-order valence-electron chi connectivity index (χ0n) is 21.4. The van der Waals surface area contributed by atoms with Crippen LogP contribution in [0, 0.1) is 0 Å². The highest BCUT2D eigenvalue weighted by molar-refractivity contribution is 7.92. The van der Waals surface area contributed by atoms with E-state index in [2.05, 4.69) is 10.5 Å². The van der Waals surface area contributed by atoms with E-state index in [9.17, 15) is 13.2 Å². The SMILES string of the molecule is CCCOc1ccc(/C=N\NC(=O)CN(c2ccccc2CC)S(=O)(=O)c2ccccc2)cc1OCC. The Labute approximate surface area is 219 Å². The van der Waals surface area contributed by atoms with E-state index < -0.39 is 22.5 Å². The molecular weight excluding hydrogens is 490 g/mol. The second-order valence-electron chi connectivity index (χ2n) is 8.09. The average molecular weight is 524 g/mol. The molecule has 3 rings (SSSR count). The van der Waals surface area contributed by atoms with Crippen LogP contribution in [0.3, 0.4) is 0 Å². The number of hydrazone groups is 1. The summed E-state index contributed by atoms with van der Waals surface area (Å²) < 4.78 is 39.5. The van der Waals surface area contributed by atoms with E-state index in [-0.39, 0.29) is 4.90 Å². The first-order valence-corrected chi connectivity index (χ1v) is 13.7. The first-order chi connectivity index (χ1) is 17.9. The number of aryl methyl sites for hydroxylation is 1. The van der Waals surface area contributed by atoms with Gasteiger partial charge in [0.2, 0.25) is 0 Å². The molecule has 0 saturated heterocycles. The van der Waals surface area contributed by atoms with Crippen LogP contribution in [0.25, 0.3) is 0 Å².